The molecule has 0 bridgehead atoms. The van der Waals surface area contributed by atoms with Crippen LogP contribution in [0.5, 0.6) is 5.75 Å². The molecule has 1 heterocycles. The summed E-state index contributed by atoms with van der Waals surface area (Å²) in [5, 5.41) is 0.505. The number of aromatic nitrogens is 1. The van der Waals surface area contributed by atoms with Crippen LogP contribution < -0.4 is 4.74 Å². The topological polar surface area (TPSA) is 72.6 Å². The van der Waals surface area contributed by atoms with E-state index in [4.69, 9.17) is 9.15 Å². The lowest BCUT2D eigenvalue weighted by molar-refractivity contribution is 0.414. The van der Waals surface area contributed by atoms with Crippen LogP contribution in [0, 0.1) is 0 Å². The average molecular weight is 407 g/mol. The predicted molar refractivity (Wildman–Crippen MR) is 107 cm³/mol. The van der Waals surface area contributed by atoms with Gasteiger partial charge in [0.1, 0.15) is 11.3 Å². The number of hydrogen-bond acceptors (Lipinski definition) is 6. The van der Waals surface area contributed by atoms with E-state index < -0.39 is 10.0 Å². The van der Waals surface area contributed by atoms with Crippen LogP contribution in [0.4, 0.5) is 0 Å². The van der Waals surface area contributed by atoms with E-state index in [2.05, 4.69) is 4.98 Å². The highest BCUT2D eigenvalue weighted by molar-refractivity contribution is 7.98. The van der Waals surface area contributed by atoms with E-state index >= 15 is 0 Å². The van der Waals surface area contributed by atoms with Crippen LogP contribution in [-0.4, -0.2) is 37.9 Å². The number of nitrogens with zero attached hydrogens (tertiary/aromatic N) is 2. The number of methoxy groups -OCH3 is 1. The van der Waals surface area contributed by atoms with Gasteiger partial charge >= 0.3 is 0 Å². The van der Waals surface area contributed by atoms with E-state index in [9.17, 15) is 8.42 Å². The zero-order valence-corrected chi connectivity index (χ0v) is 17.1. The maximum Gasteiger partial charge on any atom is 0.257 e. The first-order valence-electron chi connectivity index (χ1n) is 8.64. The fourth-order valence-electron chi connectivity index (χ4n) is 2.73. The highest BCUT2D eigenvalue weighted by Crippen LogP contribution is 2.29. The standard InChI is InChI=1S/C19H22N2O4S2/c1-4-21(5-2)27(22,23)16-9-10-18-17(12-16)20-19(25-18)26-13-14-7-6-8-15(11-14)24-3/h6-12H,4-5,13H2,1-3H3. The molecule has 0 atom stereocenters. The van der Waals surface area contributed by atoms with Crippen LogP contribution in [0.25, 0.3) is 11.1 Å². The third kappa shape index (κ3) is 4.28. The van der Waals surface area contributed by atoms with Crippen LogP contribution in [0.1, 0.15) is 19.4 Å². The first-order valence-corrected chi connectivity index (χ1v) is 11.1. The van der Waals surface area contributed by atoms with E-state index in [0.29, 0.717) is 35.2 Å². The van der Waals surface area contributed by atoms with Crippen LogP contribution in [0.3, 0.4) is 0 Å². The van der Waals surface area contributed by atoms with Crippen molar-refractivity contribution in [3.63, 3.8) is 0 Å². The Morgan fingerprint density at radius 3 is 2.63 bits per heavy atom. The number of ether oxygens (including phenoxy) is 1. The van der Waals surface area contributed by atoms with Crippen molar-refractivity contribution >= 4 is 32.9 Å². The van der Waals surface area contributed by atoms with E-state index in [0.717, 1.165) is 11.3 Å². The van der Waals surface area contributed by atoms with Crippen molar-refractivity contribution in [2.24, 2.45) is 0 Å². The van der Waals surface area contributed by atoms with Gasteiger partial charge in [0.25, 0.3) is 5.22 Å². The van der Waals surface area contributed by atoms with Crippen molar-refractivity contribution < 1.29 is 17.6 Å². The smallest absolute Gasteiger partial charge is 0.257 e. The Bertz CT molecular complexity index is 1030. The lowest BCUT2D eigenvalue weighted by Gasteiger charge is -2.18. The zero-order valence-electron chi connectivity index (χ0n) is 15.5. The fraction of sp³-hybridized carbons (Fsp3) is 0.316. The molecule has 3 rings (SSSR count). The lowest BCUT2D eigenvalue weighted by Crippen LogP contribution is -2.30. The van der Waals surface area contributed by atoms with Gasteiger partial charge in [-0.3, -0.25) is 0 Å². The molecule has 0 aliphatic heterocycles. The van der Waals surface area contributed by atoms with Gasteiger partial charge in [0.05, 0.1) is 12.0 Å². The number of thioether (sulfide) groups is 1. The monoisotopic (exact) mass is 406 g/mol. The maximum absolute atomic E-state index is 12.7. The quantitative estimate of drug-likeness (QED) is 0.523. The minimum atomic E-state index is -3.52. The van der Waals surface area contributed by atoms with Crippen molar-refractivity contribution in [1.29, 1.82) is 0 Å². The summed E-state index contributed by atoms with van der Waals surface area (Å²) in [6, 6.07) is 12.6. The number of fused-ring (bicyclic) bond motifs is 1. The molecule has 1 aromatic heterocycles. The summed E-state index contributed by atoms with van der Waals surface area (Å²) >= 11 is 1.45. The molecule has 0 radical (unpaired) electrons. The molecule has 2 aromatic carbocycles. The number of benzene rings is 2. The Balaban J connectivity index is 1.81. The van der Waals surface area contributed by atoms with Gasteiger partial charge in [-0.15, -0.1) is 0 Å². The Kier molecular flexibility index (Phi) is 6.08. The van der Waals surface area contributed by atoms with Crippen LogP contribution >= 0.6 is 11.8 Å². The molecule has 0 N–H and O–H groups in total. The van der Waals surface area contributed by atoms with Gasteiger partial charge in [0, 0.05) is 18.8 Å². The Hall–Kier alpha value is -2.03. The minimum Gasteiger partial charge on any atom is -0.497 e. The molecule has 8 heteroatoms. The second-order valence-electron chi connectivity index (χ2n) is 5.84. The van der Waals surface area contributed by atoms with Crippen LogP contribution in [0.15, 0.2) is 57.0 Å². The summed E-state index contributed by atoms with van der Waals surface area (Å²) in [5.74, 6) is 1.48. The molecule has 144 valence electrons. The van der Waals surface area contributed by atoms with Crippen molar-refractivity contribution in [2.75, 3.05) is 20.2 Å². The summed E-state index contributed by atoms with van der Waals surface area (Å²) in [5.41, 5.74) is 2.20. The molecule has 27 heavy (non-hydrogen) atoms. The Morgan fingerprint density at radius 1 is 1.15 bits per heavy atom. The first-order chi connectivity index (χ1) is 13.0. The lowest BCUT2D eigenvalue weighted by atomic mass is 10.2. The zero-order chi connectivity index (χ0) is 19.4. The van der Waals surface area contributed by atoms with Crippen molar-refractivity contribution in [1.82, 2.24) is 9.29 Å². The predicted octanol–water partition coefficient (Wildman–Crippen LogP) is 4.16. The number of oxazole rings is 1. The Morgan fingerprint density at radius 2 is 1.93 bits per heavy atom. The SMILES string of the molecule is CCN(CC)S(=O)(=O)c1ccc2oc(SCc3cccc(OC)c3)nc2c1. The van der Waals surface area contributed by atoms with Crippen molar-refractivity contribution in [2.45, 2.75) is 29.7 Å². The van der Waals surface area contributed by atoms with Crippen molar-refractivity contribution in [3.8, 4) is 5.75 Å². The fourth-order valence-corrected chi connectivity index (χ4v) is 4.99. The van der Waals surface area contributed by atoms with E-state index in [-0.39, 0.29) is 4.90 Å². The summed E-state index contributed by atoms with van der Waals surface area (Å²) in [4.78, 5) is 4.67. The first kappa shape index (κ1) is 19.7. The molecule has 6 nitrogen and oxygen atoms in total. The molecule has 0 aliphatic rings. The molecule has 3 aromatic rings. The molecule has 0 fully saturated rings. The van der Waals surface area contributed by atoms with E-state index in [1.54, 1.807) is 25.3 Å². The molecule has 0 spiro atoms. The number of rotatable bonds is 8. The second kappa shape index (κ2) is 8.33. The van der Waals surface area contributed by atoms with Gasteiger partial charge in [-0.2, -0.15) is 4.31 Å². The molecular weight excluding hydrogens is 384 g/mol. The summed E-state index contributed by atoms with van der Waals surface area (Å²) < 4.78 is 37.7. The summed E-state index contributed by atoms with van der Waals surface area (Å²) in [6.45, 7) is 4.50. The second-order valence-corrected chi connectivity index (χ2v) is 8.70. The van der Waals surface area contributed by atoms with Crippen LogP contribution in [-0.2, 0) is 15.8 Å². The maximum atomic E-state index is 12.7. The normalized spacial score (nSPS) is 12.0. The third-order valence-electron chi connectivity index (χ3n) is 4.18. The highest BCUT2D eigenvalue weighted by Gasteiger charge is 2.22. The number of hydrogen-bond donors (Lipinski definition) is 0. The molecular formula is C19H22N2O4S2. The van der Waals surface area contributed by atoms with E-state index in [1.165, 1.54) is 16.1 Å². The molecule has 0 saturated carbocycles. The van der Waals surface area contributed by atoms with Crippen molar-refractivity contribution in [3.05, 3.63) is 48.0 Å². The van der Waals surface area contributed by atoms with Gasteiger partial charge in [-0.1, -0.05) is 37.7 Å². The molecule has 0 saturated heterocycles. The molecule has 0 amide bonds. The highest BCUT2D eigenvalue weighted by atomic mass is 32.2. The molecule has 0 aliphatic carbocycles. The Labute approximate surface area is 163 Å². The minimum absolute atomic E-state index is 0.233. The van der Waals surface area contributed by atoms with Gasteiger partial charge in [-0.25, -0.2) is 13.4 Å². The van der Waals surface area contributed by atoms with Gasteiger partial charge in [-0.05, 0) is 35.9 Å². The third-order valence-corrected chi connectivity index (χ3v) is 7.12. The van der Waals surface area contributed by atoms with E-state index in [1.807, 2.05) is 38.1 Å². The number of sulfonamides is 1. The summed E-state index contributed by atoms with van der Waals surface area (Å²) in [6.07, 6.45) is 0. The largest absolute Gasteiger partial charge is 0.497 e. The van der Waals surface area contributed by atoms with Gasteiger partial charge in [0.2, 0.25) is 10.0 Å². The summed E-state index contributed by atoms with van der Waals surface area (Å²) in [7, 11) is -1.88. The van der Waals surface area contributed by atoms with Gasteiger partial charge < -0.3 is 9.15 Å². The van der Waals surface area contributed by atoms with Gasteiger partial charge in [0.15, 0.2) is 5.58 Å². The van der Waals surface area contributed by atoms with Crippen LogP contribution in [0.2, 0.25) is 0 Å². The average Bonchev–Trinajstić information content (AvgIpc) is 3.09. The molecule has 0 unspecified atom stereocenters.